The summed E-state index contributed by atoms with van der Waals surface area (Å²) in [4.78, 5) is 26.9. The van der Waals surface area contributed by atoms with Crippen LogP contribution in [0, 0.1) is 5.82 Å². The van der Waals surface area contributed by atoms with Crippen molar-refractivity contribution >= 4 is 11.8 Å². The molecule has 110 valence electrons. The highest BCUT2D eigenvalue weighted by molar-refractivity contribution is 5.85. The predicted octanol–water partition coefficient (Wildman–Crippen LogP) is 1.69. The monoisotopic (exact) mass is 280 g/mol. The van der Waals surface area contributed by atoms with Crippen molar-refractivity contribution in [1.29, 1.82) is 0 Å². The summed E-state index contributed by atoms with van der Waals surface area (Å²) in [6.45, 7) is 5.04. The Morgan fingerprint density at radius 3 is 2.25 bits per heavy atom. The number of carbonyl (C=O) groups excluding carboxylic acids is 2. The molecule has 0 fully saturated rings. The Kier molecular flexibility index (Phi) is 6.15. The highest BCUT2D eigenvalue weighted by Gasteiger charge is 2.17. The summed E-state index contributed by atoms with van der Waals surface area (Å²) in [7, 11) is 1.56. The van der Waals surface area contributed by atoms with Crippen LogP contribution in [0.4, 0.5) is 4.39 Å². The summed E-state index contributed by atoms with van der Waals surface area (Å²) in [6.07, 6.45) is -0.0330. The quantitative estimate of drug-likeness (QED) is 0.795. The Morgan fingerprint density at radius 2 is 1.70 bits per heavy atom. The number of likely N-dealkylation sites (N-methyl/N-ethyl adjacent to an activating group) is 2. The van der Waals surface area contributed by atoms with Crippen molar-refractivity contribution in [2.45, 2.75) is 20.3 Å². The van der Waals surface area contributed by atoms with Gasteiger partial charge in [-0.15, -0.1) is 0 Å². The molecule has 0 bridgehead atoms. The van der Waals surface area contributed by atoms with Gasteiger partial charge in [0, 0.05) is 20.1 Å². The van der Waals surface area contributed by atoms with Gasteiger partial charge in [0.2, 0.25) is 11.8 Å². The number of halogens is 1. The summed E-state index contributed by atoms with van der Waals surface area (Å²) in [5.74, 6) is -0.765. The van der Waals surface area contributed by atoms with Crippen LogP contribution >= 0.6 is 0 Å². The lowest BCUT2D eigenvalue weighted by Gasteiger charge is -2.23. The van der Waals surface area contributed by atoms with Crippen LogP contribution in [0.25, 0.3) is 0 Å². The van der Waals surface area contributed by atoms with Crippen LogP contribution in [0.2, 0.25) is 0 Å². The Morgan fingerprint density at radius 1 is 1.10 bits per heavy atom. The molecule has 0 atom stereocenters. The average Bonchev–Trinajstić information content (AvgIpc) is 2.42. The van der Waals surface area contributed by atoms with Gasteiger partial charge in [0.15, 0.2) is 0 Å². The fourth-order valence-corrected chi connectivity index (χ4v) is 1.91. The lowest BCUT2D eigenvalue weighted by atomic mass is 10.1. The molecule has 1 aromatic carbocycles. The molecule has 0 aliphatic rings. The maximum Gasteiger partial charge on any atom is 0.242 e. The van der Waals surface area contributed by atoms with Gasteiger partial charge in [-0.05, 0) is 25.5 Å². The zero-order valence-electron chi connectivity index (χ0n) is 12.2. The number of rotatable bonds is 6. The summed E-state index contributed by atoms with van der Waals surface area (Å²) < 4.78 is 13.5. The second-order valence-electron chi connectivity index (χ2n) is 4.58. The van der Waals surface area contributed by atoms with Crippen molar-refractivity contribution < 1.29 is 14.0 Å². The van der Waals surface area contributed by atoms with Gasteiger partial charge >= 0.3 is 0 Å². The van der Waals surface area contributed by atoms with Gasteiger partial charge in [0.1, 0.15) is 5.82 Å². The van der Waals surface area contributed by atoms with E-state index in [1.807, 2.05) is 13.8 Å². The van der Waals surface area contributed by atoms with Crippen LogP contribution in [0.1, 0.15) is 19.4 Å². The van der Waals surface area contributed by atoms with Crippen molar-refractivity contribution in [2.24, 2.45) is 0 Å². The molecule has 0 spiro atoms. The second-order valence-corrected chi connectivity index (χ2v) is 4.58. The predicted molar refractivity (Wildman–Crippen MR) is 75.7 cm³/mol. The second kappa shape index (κ2) is 7.62. The fraction of sp³-hybridized carbons (Fsp3) is 0.467. The van der Waals surface area contributed by atoms with Crippen molar-refractivity contribution in [3.63, 3.8) is 0 Å². The first-order chi connectivity index (χ1) is 9.49. The van der Waals surface area contributed by atoms with Gasteiger partial charge in [-0.1, -0.05) is 18.2 Å². The van der Waals surface area contributed by atoms with E-state index in [1.165, 1.54) is 11.0 Å². The molecule has 1 aromatic rings. The SMILES string of the molecule is CCN(CC)C(=O)CN(C)C(=O)Cc1ccccc1F. The van der Waals surface area contributed by atoms with E-state index in [2.05, 4.69) is 0 Å². The van der Waals surface area contributed by atoms with Crippen LogP contribution < -0.4 is 0 Å². The highest BCUT2D eigenvalue weighted by atomic mass is 19.1. The molecule has 5 heteroatoms. The molecule has 0 aromatic heterocycles. The number of amides is 2. The molecule has 0 saturated heterocycles. The largest absolute Gasteiger partial charge is 0.342 e. The Bertz CT molecular complexity index is 473. The van der Waals surface area contributed by atoms with Crippen LogP contribution in [0.5, 0.6) is 0 Å². The first-order valence-electron chi connectivity index (χ1n) is 6.74. The van der Waals surface area contributed by atoms with E-state index in [9.17, 15) is 14.0 Å². The zero-order valence-corrected chi connectivity index (χ0v) is 12.2. The molecule has 0 saturated carbocycles. The van der Waals surface area contributed by atoms with E-state index < -0.39 is 5.82 Å². The number of carbonyl (C=O) groups is 2. The molecular formula is C15H21FN2O2. The van der Waals surface area contributed by atoms with E-state index >= 15 is 0 Å². The maximum atomic E-state index is 13.5. The molecule has 1 rings (SSSR count). The Hall–Kier alpha value is -1.91. The molecule has 0 N–H and O–H groups in total. The highest BCUT2D eigenvalue weighted by Crippen LogP contribution is 2.08. The van der Waals surface area contributed by atoms with Crippen molar-refractivity contribution in [1.82, 2.24) is 9.80 Å². The minimum absolute atomic E-state index is 0.0228. The van der Waals surface area contributed by atoms with E-state index in [-0.39, 0.29) is 24.8 Å². The summed E-state index contributed by atoms with van der Waals surface area (Å²) >= 11 is 0. The van der Waals surface area contributed by atoms with Crippen LogP contribution in [-0.4, -0.2) is 48.3 Å². The summed E-state index contributed by atoms with van der Waals surface area (Å²) in [5.41, 5.74) is 0.347. The molecule has 0 unspecified atom stereocenters. The van der Waals surface area contributed by atoms with Gasteiger partial charge in [0.25, 0.3) is 0 Å². The van der Waals surface area contributed by atoms with Crippen LogP contribution in [0.3, 0.4) is 0 Å². The summed E-state index contributed by atoms with van der Waals surface area (Å²) in [5, 5.41) is 0. The molecule has 0 heterocycles. The third-order valence-electron chi connectivity index (χ3n) is 3.21. The molecule has 0 aliphatic carbocycles. The number of benzene rings is 1. The van der Waals surface area contributed by atoms with E-state index in [0.717, 1.165) is 0 Å². The van der Waals surface area contributed by atoms with Gasteiger partial charge in [-0.25, -0.2) is 4.39 Å². The van der Waals surface area contributed by atoms with Crippen molar-refractivity contribution in [3.8, 4) is 0 Å². The Labute approximate surface area is 119 Å². The van der Waals surface area contributed by atoms with E-state index in [1.54, 1.807) is 30.1 Å². The van der Waals surface area contributed by atoms with Crippen LogP contribution in [-0.2, 0) is 16.0 Å². The minimum Gasteiger partial charge on any atom is -0.342 e. The van der Waals surface area contributed by atoms with E-state index in [0.29, 0.717) is 18.7 Å². The van der Waals surface area contributed by atoms with Gasteiger partial charge in [0.05, 0.1) is 13.0 Å². The lowest BCUT2D eigenvalue weighted by Crippen LogP contribution is -2.41. The molecular weight excluding hydrogens is 259 g/mol. The van der Waals surface area contributed by atoms with Crippen molar-refractivity contribution in [2.75, 3.05) is 26.7 Å². The first kappa shape index (κ1) is 16.1. The fourth-order valence-electron chi connectivity index (χ4n) is 1.91. The normalized spacial score (nSPS) is 10.2. The van der Waals surface area contributed by atoms with Crippen molar-refractivity contribution in [3.05, 3.63) is 35.6 Å². The first-order valence-corrected chi connectivity index (χ1v) is 6.74. The van der Waals surface area contributed by atoms with Gasteiger partial charge < -0.3 is 9.80 Å². The standard InChI is InChI=1S/C15H21FN2O2/c1-4-18(5-2)15(20)11-17(3)14(19)10-12-8-6-7-9-13(12)16/h6-9H,4-5,10-11H2,1-3H3. The lowest BCUT2D eigenvalue weighted by molar-refractivity contribution is -0.138. The summed E-state index contributed by atoms with van der Waals surface area (Å²) in [6, 6.07) is 6.17. The molecule has 4 nitrogen and oxygen atoms in total. The number of hydrogen-bond donors (Lipinski definition) is 0. The third-order valence-corrected chi connectivity index (χ3v) is 3.21. The zero-order chi connectivity index (χ0) is 15.1. The number of hydrogen-bond acceptors (Lipinski definition) is 2. The molecule has 2 amide bonds. The van der Waals surface area contributed by atoms with Gasteiger partial charge in [-0.3, -0.25) is 9.59 Å². The molecule has 20 heavy (non-hydrogen) atoms. The third kappa shape index (κ3) is 4.33. The molecule has 0 radical (unpaired) electrons. The van der Waals surface area contributed by atoms with Gasteiger partial charge in [-0.2, -0.15) is 0 Å². The minimum atomic E-state index is -0.399. The van der Waals surface area contributed by atoms with E-state index in [4.69, 9.17) is 0 Å². The molecule has 0 aliphatic heterocycles. The topological polar surface area (TPSA) is 40.6 Å². The average molecular weight is 280 g/mol. The Balaban J connectivity index is 2.60. The smallest absolute Gasteiger partial charge is 0.242 e. The maximum absolute atomic E-state index is 13.5. The number of nitrogens with zero attached hydrogens (tertiary/aromatic N) is 2. The van der Waals surface area contributed by atoms with Crippen LogP contribution in [0.15, 0.2) is 24.3 Å².